The molecule has 164 valence electrons. The highest BCUT2D eigenvalue weighted by atomic mass is 16.5. The van der Waals surface area contributed by atoms with Crippen molar-refractivity contribution in [2.45, 2.75) is 19.8 Å². The van der Waals surface area contributed by atoms with E-state index in [4.69, 9.17) is 9.47 Å². The minimum Gasteiger partial charge on any atom is -0.460 e. The highest BCUT2D eigenvalue weighted by Gasteiger charge is 2.40. The second-order valence-electron chi connectivity index (χ2n) is 8.37. The molecular weight excluding hydrogens is 396 g/mol. The smallest absolute Gasteiger partial charge is 0.347 e. The number of carbonyl (C=O) groups is 2. The number of hydrogen-bond acceptors (Lipinski definition) is 7. The number of esters is 1. The van der Waals surface area contributed by atoms with Crippen LogP contribution in [-0.2, 0) is 19.1 Å². The van der Waals surface area contributed by atoms with Crippen molar-refractivity contribution in [3.63, 3.8) is 0 Å². The van der Waals surface area contributed by atoms with Crippen LogP contribution in [0.4, 0.5) is 0 Å². The lowest BCUT2D eigenvalue weighted by molar-refractivity contribution is -0.140. The zero-order chi connectivity index (χ0) is 22.0. The van der Waals surface area contributed by atoms with Crippen LogP contribution in [0, 0.1) is 5.92 Å². The quantitative estimate of drug-likeness (QED) is 0.433. The Kier molecular flexibility index (Phi) is 6.08. The summed E-state index contributed by atoms with van der Waals surface area (Å²) in [4.78, 5) is 37.3. The van der Waals surface area contributed by atoms with Crippen molar-refractivity contribution < 1.29 is 19.1 Å². The number of ketones is 1. The molecule has 8 heteroatoms. The van der Waals surface area contributed by atoms with Crippen molar-refractivity contribution in [2.75, 3.05) is 40.3 Å². The Bertz CT molecular complexity index is 1040. The number of aromatic amines is 1. The molecule has 2 aromatic rings. The summed E-state index contributed by atoms with van der Waals surface area (Å²) in [6, 6.07) is 3.75. The molecule has 0 aromatic carbocycles. The van der Waals surface area contributed by atoms with Crippen molar-refractivity contribution in [1.29, 1.82) is 0 Å². The van der Waals surface area contributed by atoms with Gasteiger partial charge in [0.1, 0.15) is 12.3 Å². The van der Waals surface area contributed by atoms with Crippen LogP contribution in [-0.4, -0.2) is 71.9 Å². The van der Waals surface area contributed by atoms with Crippen LogP contribution in [0.25, 0.3) is 17.1 Å². The lowest BCUT2D eigenvalue weighted by atomic mass is 9.99. The number of likely N-dealkylation sites (N-methyl/N-ethyl adjacent to an activating group) is 1. The summed E-state index contributed by atoms with van der Waals surface area (Å²) < 4.78 is 11.4. The minimum absolute atomic E-state index is 0.0162. The topological polar surface area (TPSA) is 87.8 Å². The summed E-state index contributed by atoms with van der Waals surface area (Å²) in [5.74, 6) is -0.0294. The van der Waals surface area contributed by atoms with Gasteiger partial charge in [-0.3, -0.25) is 4.79 Å². The molecule has 0 saturated carbocycles. The van der Waals surface area contributed by atoms with E-state index >= 15 is 0 Å². The molecular formula is C23H28N4O4. The molecule has 0 atom stereocenters. The fourth-order valence-electron chi connectivity index (χ4n) is 3.76. The standard InChI is InChI=1S/C23H28N4O4/c1-15-6-9-27(10-7-15)22-19(23(29)30-12-11-26(2)3)20(28)18(31-22)13-16-14-25-21-17(16)5-4-8-24-21/h4-5,8,13-15H,6-7,9-12H2,1-3H3,(H,24,25). The third-order valence-corrected chi connectivity index (χ3v) is 5.69. The first-order valence-electron chi connectivity index (χ1n) is 10.6. The van der Waals surface area contributed by atoms with Crippen molar-refractivity contribution in [3.8, 4) is 0 Å². The number of Topliss-reactive ketones (excluding diaryl/α,β-unsaturated/α-hetero) is 1. The fourth-order valence-corrected chi connectivity index (χ4v) is 3.76. The number of hydrogen-bond donors (Lipinski definition) is 1. The van der Waals surface area contributed by atoms with Crippen LogP contribution in [0.3, 0.4) is 0 Å². The maximum absolute atomic E-state index is 13.2. The SMILES string of the molecule is CC1CCN(C2=C(C(=O)OCCN(C)C)C(=O)C(=Cc3c[nH]c4ncccc34)O2)CC1. The number of nitrogens with zero attached hydrogens (tertiary/aromatic N) is 3. The molecule has 1 saturated heterocycles. The number of H-pyrrole nitrogens is 1. The van der Waals surface area contributed by atoms with E-state index < -0.39 is 11.8 Å². The van der Waals surface area contributed by atoms with Gasteiger partial charge >= 0.3 is 5.97 Å². The van der Waals surface area contributed by atoms with Crippen LogP contribution in [0.1, 0.15) is 25.3 Å². The van der Waals surface area contributed by atoms with E-state index in [2.05, 4.69) is 16.9 Å². The Morgan fingerprint density at radius 1 is 1.39 bits per heavy atom. The molecule has 0 aliphatic carbocycles. The molecule has 2 aliphatic rings. The highest BCUT2D eigenvalue weighted by Crippen LogP contribution is 2.33. The summed E-state index contributed by atoms with van der Waals surface area (Å²) in [5.41, 5.74) is 1.49. The fraction of sp³-hybridized carbons (Fsp3) is 0.435. The van der Waals surface area contributed by atoms with Crippen molar-refractivity contribution in [3.05, 3.63) is 47.3 Å². The summed E-state index contributed by atoms with van der Waals surface area (Å²) in [6.45, 7) is 4.47. The predicted molar refractivity (Wildman–Crippen MR) is 117 cm³/mol. The molecule has 2 aliphatic heterocycles. The lowest BCUT2D eigenvalue weighted by Gasteiger charge is -2.32. The average molecular weight is 425 g/mol. The Hall–Kier alpha value is -3.13. The molecule has 0 radical (unpaired) electrons. The van der Waals surface area contributed by atoms with Gasteiger partial charge < -0.3 is 24.3 Å². The summed E-state index contributed by atoms with van der Waals surface area (Å²) >= 11 is 0. The molecule has 0 amide bonds. The van der Waals surface area contributed by atoms with Crippen LogP contribution >= 0.6 is 0 Å². The number of rotatable bonds is 6. The number of allylic oxidation sites excluding steroid dienone is 1. The highest BCUT2D eigenvalue weighted by molar-refractivity contribution is 6.26. The molecule has 1 N–H and O–H groups in total. The number of nitrogens with one attached hydrogen (secondary N) is 1. The summed E-state index contributed by atoms with van der Waals surface area (Å²) in [6.07, 6.45) is 7.10. The lowest BCUT2D eigenvalue weighted by Crippen LogP contribution is -2.34. The zero-order valence-electron chi connectivity index (χ0n) is 18.2. The van der Waals surface area contributed by atoms with Gasteiger partial charge in [0.25, 0.3) is 0 Å². The number of likely N-dealkylation sites (tertiary alicyclic amines) is 1. The van der Waals surface area contributed by atoms with E-state index in [9.17, 15) is 9.59 Å². The molecule has 8 nitrogen and oxygen atoms in total. The number of pyridine rings is 1. The van der Waals surface area contributed by atoms with Gasteiger partial charge in [0.2, 0.25) is 11.7 Å². The first kappa shape index (κ1) is 21.1. The normalized spacial score (nSPS) is 19.0. The molecule has 31 heavy (non-hydrogen) atoms. The van der Waals surface area contributed by atoms with Gasteiger partial charge in [-0.05, 0) is 51.1 Å². The number of fused-ring (bicyclic) bond motifs is 1. The van der Waals surface area contributed by atoms with Gasteiger partial charge in [-0.1, -0.05) is 6.92 Å². The van der Waals surface area contributed by atoms with E-state index in [1.54, 1.807) is 18.5 Å². The second-order valence-corrected chi connectivity index (χ2v) is 8.37. The number of ether oxygens (including phenoxy) is 2. The van der Waals surface area contributed by atoms with Crippen LogP contribution in [0.5, 0.6) is 0 Å². The van der Waals surface area contributed by atoms with Crippen LogP contribution in [0.2, 0.25) is 0 Å². The minimum atomic E-state index is -0.635. The van der Waals surface area contributed by atoms with Gasteiger partial charge in [0.15, 0.2) is 11.3 Å². The Morgan fingerprint density at radius 3 is 2.90 bits per heavy atom. The van der Waals surface area contributed by atoms with Gasteiger partial charge in [0, 0.05) is 43.0 Å². The van der Waals surface area contributed by atoms with Crippen molar-refractivity contribution in [2.24, 2.45) is 5.92 Å². The molecule has 4 heterocycles. The number of carbonyl (C=O) groups excluding carboxylic acids is 2. The molecule has 1 fully saturated rings. The van der Waals surface area contributed by atoms with E-state index in [1.807, 2.05) is 36.0 Å². The predicted octanol–water partition coefficient (Wildman–Crippen LogP) is 2.55. The monoisotopic (exact) mass is 424 g/mol. The van der Waals surface area contributed by atoms with Crippen LogP contribution in [0.15, 0.2) is 41.7 Å². The zero-order valence-corrected chi connectivity index (χ0v) is 18.2. The molecule has 2 aromatic heterocycles. The van der Waals surface area contributed by atoms with E-state index in [-0.39, 0.29) is 17.9 Å². The van der Waals surface area contributed by atoms with Crippen molar-refractivity contribution in [1.82, 2.24) is 19.8 Å². The average Bonchev–Trinajstić information content (AvgIpc) is 3.30. The molecule has 0 unspecified atom stereocenters. The number of aromatic nitrogens is 2. The summed E-state index contributed by atoms with van der Waals surface area (Å²) in [7, 11) is 3.79. The van der Waals surface area contributed by atoms with Gasteiger partial charge in [-0.25, -0.2) is 9.78 Å². The van der Waals surface area contributed by atoms with E-state index in [0.29, 0.717) is 18.3 Å². The first-order valence-corrected chi connectivity index (χ1v) is 10.6. The largest absolute Gasteiger partial charge is 0.460 e. The molecule has 0 spiro atoms. The molecule has 0 bridgehead atoms. The summed E-state index contributed by atoms with van der Waals surface area (Å²) in [5, 5.41) is 0.877. The molecule has 4 rings (SSSR count). The van der Waals surface area contributed by atoms with Crippen LogP contribution < -0.4 is 0 Å². The third-order valence-electron chi connectivity index (χ3n) is 5.69. The second kappa shape index (κ2) is 8.93. The first-order chi connectivity index (χ1) is 14.9. The van der Waals surface area contributed by atoms with Gasteiger partial charge in [-0.2, -0.15) is 0 Å². The Labute approximate surface area is 181 Å². The number of piperidine rings is 1. The Balaban J connectivity index is 1.63. The van der Waals surface area contributed by atoms with Gasteiger partial charge in [0.05, 0.1) is 0 Å². The van der Waals surface area contributed by atoms with E-state index in [1.165, 1.54) is 0 Å². The maximum Gasteiger partial charge on any atom is 0.347 e. The van der Waals surface area contributed by atoms with Gasteiger partial charge in [-0.15, -0.1) is 0 Å². The van der Waals surface area contributed by atoms with Crippen molar-refractivity contribution >= 4 is 28.9 Å². The van der Waals surface area contributed by atoms with E-state index in [0.717, 1.165) is 42.5 Å². The third kappa shape index (κ3) is 4.49. The Morgan fingerprint density at radius 2 is 2.16 bits per heavy atom. The maximum atomic E-state index is 13.2.